The van der Waals surface area contributed by atoms with E-state index in [1.807, 2.05) is 6.08 Å². The SMILES string of the molecule is CCCCCCCC/C=C\C/C=C\C/C=C\CCCC(=O)OC[C@H](COP(=O)(O)OC[C@H](N)C(=O)O)OC(=O)CCCCCCCCCCCCC. The molecule has 0 aromatic carbocycles. The van der Waals surface area contributed by atoms with Crippen molar-refractivity contribution < 1.29 is 47.5 Å². The van der Waals surface area contributed by atoms with Crippen LogP contribution in [0.3, 0.4) is 0 Å². The van der Waals surface area contributed by atoms with E-state index in [0.29, 0.717) is 19.3 Å². The summed E-state index contributed by atoms with van der Waals surface area (Å²) in [4.78, 5) is 45.7. The topological polar surface area (TPSA) is 172 Å². The van der Waals surface area contributed by atoms with E-state index >= 15 is 0 Å². The number of nitrogens with two attached hydrogens (primary N) is 1. The van der Waals surface area contributed by atoms with Crippen LogP contribution in [0, 0.1) is 0 Å². The molecule has 0 rings (SSSR count). The van der Waals surface area contributed by atoms with Crippen molar-refractivity contribution in [2.75, 3.05) is 19.8 Å². The van der Waals surface area contributed by atoms with Crippen molar-refractivity contribution in [3.8, 4) is 0 Å². The number of esters is 2. The van der Waals surface area contributed by atoms with Gasteiger partial charge in [-0.05, 0) is 44.9 Å². The van der Waals surface area contributed by atoms with E-state index in [9.17, 15) is 23.8 Å². The second-order valence-electron chi connectivity index (χ2n) is 13.4. The summed E-state index contributed by atoms with van der Waals surface area (Å²) in [7, 11) is -4.72. The molecule has 0 heterocycles. The van der Waals surface area contributed by atoms with Crippen LogP contribution >= 0.6 is 7.82 Å². The van der Waals surface area contributed by atoms with E-state index in [0.717, 1.165) is 38.5 Å². The molecule has 1 unspecified atom stereocenters. The van der Waals surface area contributed by atoms with Crippen LogP contribution in [0.1, 0.15) is 168 Å². The van der Waals surface area contributed by atoms with Gasteiger partial charge in [-0.1, -0.05) is 147 Å². The Labute approximate surface area is 314 Å². The number of carboxylic acids is 1. The van der Waals surface area contributed by atoms with Crippen molar-refractivity contribution >= 4 is 25.7 Å². The summed E-state index contributed by atoms with van der Waals surface area (Å²) in [6.45, 7) is 2.72. The number of aliphatic carboxylic acids is 1. The molecule has 0 aliphatic heterocycles. The Hall–Kier alpha value is -2.30. The monoisotopic (exact) mass is 757 g/mol. The van der Waals surface area contributed by atoms with Crippen molar-refractivity contribution in [3.63, 3.8) is 0 Å². The van der Waals surface area contributed by atoms with Crippen LogP contribution in [-0.4, -0.2) is 59.9 Å². The number of carbonyl (C=O) groups excluding carboxylic acids is 2. The van der Waals surface area contributed by atoms with Crippen LogP contribution in [0.2, 0.25) is 0 Å². The van der Waals surface area contributed by atoms with Gasteiger partial charge in [0.05, 0.1) is 13.2 Å². The van der Waals surface area contributed by atoms with Gasteiger partial charge < -0.3 is 25.2 Å². The highest BCUT2D eigenvalue weighted by Crippen LogP contribution is 2.43. The number of carboxylic acid groups (broad SMARTS) is 1. The first-order valence-electron chi connectivity index (χ1n) is 20.0. The lowest BCUT2D eigenvalue weighted by atomic mass is 10.1. The Balaban J connectivity index is 4.48. The predicted octanol–water partition coefficient (Wildman–Crippen LogP) is 10.1. The molecular formula is C40H72NO10P. The van der Waals surface area contributed by atoms with E-state index in [4.69, 9.17) is 24.8 Å². The van der Waals surface area contributed by atoms with Gasteiger partial charge in [-0.25, -0.2) is 4.57 Å². The van der Waals surface area contributed by atoms with Gasteiger partial charge in [-0.2, -0.15) is 0 Å². The van der Waals surface area contributed by atoms with Crippen LogP contribution in [-0.2, 0) is 37.5 Å². The number of unbranched alkanes of at least 4 members (excludes halogenated alkanes) is 17. The highest BCUT2D eigenvalue weighted by Gasteiger charge is 2.28. The minimum absolute atomic E-state index is 0.151. The average molecular weight is 758 g/mol. The third-order valence-corrected chi connectivity index (χ3v) is 9.34. The first kappa shape index (κ1) is 49.7. The number of phosphoric ester groups is 1. The fraction of sp³-hybridized carbons (Fsp3) is 0.775. The summed E-state index contributed by atoms with van der Waals surface area (Å²) in [6, 6.07) is -1.53. The quantitative estimate of drug-likeness (QED) is 0.0238. The predicted molar refractivity (Wildman–Crippen MR) is 208 cm³/mol. The third kappa shape index (κ3) is 34.8. The van der Waals surface area contributed by atoms with Crippen molar-refractivity contribution in [1.82, 2.24) is 0 Å². The molecule has 0 amide bonds. The minimum atomic E-state index is -4.72. The molecule has 12 heteroatoms. The molecule has 0 radical (unpaired) electrons. The number of hydrogen-bond acceptors (Lipinski definition) is 9. The van der Waals surface area contributed by atoms with E-state index in [-0.39, 0.29) is 19.4 Å². The zero-order valence-electron chi connectivity index (χ0n) is 32.4. The third-order valence-electron chi connectivity index (χ3n) is 8.39. The summed E-state index contributed by atoms with van der Waals surface area (Å²) in [5, 5.41) is 8.86. The van der Waals surface area contributed by atoms with Crippen molar-refractivity contribution in [1.29, 1.82) is 0 Å². The highest BCUT2D eigenvalue weighted by molar-refractivity contribution is 7.47. The molecule has 11 nitrogen and oxygen atoms in total. The standard InChI is InChI=1S/C40H72NO10P/c1-3-5-7-9-11-13-15-16-17-18-19-20-22-23-25-27-29-31-38(42)48-33-36(34-49-52(46,47)50-35-37(41)40(44)45)51-39(43)32-30-28-26-24-21-14-12-10-8-6-4-2/h16-17,19-20,23,25,36-37H,3-15,18,21-22,24,26-35,41H2,1-2H3,(H,44,45)(H,46,47)/b17-16-,20-19-,25-23-/t36-,37+/m1/s1. The summed E-state index contributed by atoms with van der Waals surface area (Å²) in [5.41, 5.74) is 5.31. The van der Waals surface area contributed by atoms with Crippen LogP contribution in [0.4, 0.5) is 0 Å². The number of ether oxygens (including phenoxy) is 2. The molecule has 52 heavy (non-hydrogen) atoms. The zero-order valence-corrected chi connectivity index (χ0v) is 33.3. The molecule has 0 spiro atoms. The fourth-order valence-electron chi connectivity index (χ4n) is 5.20. The van der Waals surface area contributed by atoms with Crippen LogP contribution in [0.15, 0.2) is 36.5 Å². The molecule has 0 saturated carbocycles. The molecule has 302 valence electrons. The van der Waals surface area contributed by atoms with Gasteiger partial charge in [-0.3, -0.25) is 23.4 Å². The lowest BCUT2D eigenvalue weighted by molar-refractivity contribution is -0.161. The molecular weight excluding hydrogens is 685 g/mol. The lowest BCUT2D eigenvalue weighted by Crippen LogP contribution is -2.34. The normalized spacial score (nSPS) is 14.2. The van der Waals surface area contributed by atoms with Gasteiger partial charge >= 0.3 is 25.7 Å². The molecule has 0 bridgehead atoms. The molecule has 3 atom stereocenters. The molecule has 0 saturated heterocycles. The van der Waals surface area contributed by atoms with Crippen LogP contribution in [0.25, 0.3) is 0 Å². The van der Waals surface area contributed by atoms with Crippen LogP contribution in [0.5, 0.6) is 0 Å². The Morgan fingerprint density at radius 1 is 0.596 bits per heavy atom. The van der Waals surface area contributed by atoms with Crippen molar-refractivity contribution in [2.24, 2.45) is 5.73 Å². The molecule has 0 aliphatic rings. The van der Waals surface area contributed by atoms with Gasteiger partial charge in [-0.15, -0.1) is 0 Å². The lowest BCUT2D eigenvalue weighted by Gasteiger charge is -2.20. The Morgan fingerprint density at radius 3 is 1.58 bits per heavy atom. The molecule has 0 aliphatic carbocycles. The zero-order chi connectivity index (χ0) is 38.5. The summed E-state index contributed by atoms with van der Waals surface area (Å²) < 4.78 is 32.5. The van der Waals surface area contributed by atoms with Gasteiger partial charge in [0.25, 0.3) is 0 Å². The number of allylic oxidation sites excluding steroid dienone is 6. The van der Waals surface area contributed by atoms with Gasteiger partial charge in [0.2, 0.25) is 0 Å². The summed E-state index contributed by atoms with van der Waals surface area (Å²) >= 11 is 0. The van der Waals surface area contributed by atoms with E-state index in [1.165, 1.54) is 83.5 Å². The second-order valence-corrected chi connectivity index (χ2v) is 14.9. The van der Waals surface area contributed by atoms with Gasteiger partial charge in [0.1, 0.15) is 12.6 Å². The van der Waals surface area contributed by atoms with E-state index in [2.05, 4.69) is 48.8 Å². The van der Waals surface area contributed by atoms with Crippen molar-refractivity contribution in [2.45, 2.75) is 180 Å². The Morgan fingerprint density at radius 2 is 1.04 bits per heavy atom. The van der Waals surface area contributed by atoms with E-state index in [1.54, 1.807) is 0 Å². The summed E-state index contributed by atoms with van der Waals surface area (Å²) in [5.74, 6) is -2.44. The maximum Gasteiger partial charge on any atom is 0.472 e. The van der Waals surface area contributed by atoms with Gasteiger partial charge in [0.15, 0.2) is 6.10 Å². The first-order chi connectivity index (χ1) is 25.1. The molecule has 0 fully saturated rings. The molecule has 0 aromatic rings. The number of phosphoric acid groups is 1. The average Bonchev–Trinajstić information content (AvgIpc) is 3.12. The number of rotatable bonds is 37. The second kappa shape index (κ2) is 35.7. The first-order valence-corrected chi connectivity index (χ1v) is 21.5. The van der Waals surface area contributed by atoms with Gasteiger partial charge in [0, 0.05) is 12.8 Å². The highest BCUT2D eigenvalue weighted by atomic mass is 31.2. The number of hydrogen-bond donors (Lipinski definition) is 3. The number of carbonyl (C=O) groups is 3. The summed E-state index contributed by atoms with van der Waals surface area (Å²) in [6.07, 6.45) is 36.5. The Bertz CT molecular complexity index is 1030. The largest absolute Gasteiger partial charge is 0.480 e. The smallest absolute Gasteiger partial charge is 0.472 e. The van der Waals surface area contributed by atoms with Crippen molar-refractivity contribution in [3.05, 3.63) is 36.5 Å². The maximum atomic E-state index is 12.5. The van der Waals surface area contributed by atoms with E-state index < -0.39 is 51.1 Å². The van der Waals surface area contributed by atoms with Crippen LogP contribution < -0.4 is 5.73 Å². The maximum absolute atomic E-state index is 12.5. The fourth-order valence-corrected chi connectivity index (χ4v) is 5.98. The minimum Gasteiger partial charge on any atom is -0.480 e. The molecule has 4 N–H and O–H groups in total. The molecule has 0 aromatic heterocycles. The Kier molecular flexibility index (Phi) is 34.1.